The topological polar surface area (TPSA) is 38.9 Å². The second-order valence-corrected chi connectivity index (χ2v) is 3.42. The van der Waals surface area contributed by atoms with E-state index in [2.05, 4.69) is 4.98 Å². The van der Waals surface area contributed by atoms with Gasteiger partial charge in [-0.1, -0.05) is 24.0 Å². The first kappa shape index (κ1) is 7.50. The Bertz CT molecular complexity index is 222. The zero-order valence-corrected chi connectivity index (χ0v) is 6.78. The van der Waals surface area contributed by atoms with Crippen LogP contribution in [0.4, 0.5) is 0 Å². The van der Waals surface area contributed by atoms with Crippen LogP contribution >= 0.6 is 24.0 Å². The molecule has 0 aliphatic rings. The highest BCUT2D eigenvalue weighted by Gasteiger charge is 1.92. The number of hydrogen-bond acceptors (Lipinski definition) is 3. The lowest BCUT2D eigenvalue weighted by molar-refractivity contribution is 1.24. The highest BCUT2D eigenvalue weighted by atomic mass is 32.2. The zero-order valence-electron chi connectivity index (χ0n) is 5.15. The van der Waals surface area contributed by atoms with Crippen LogP contribution in [0, 0.1) is 0 Å². The van der Waals surface area contributed by atoms with Gasteiger partial charge in [0.1, 0.15) is 4.32 Å². The fourth-order valence-corrected chi connectivity index (χ4v) is 1.30. The predicted molar refractivity (Wildman–Crippen MR) is 46.9 cm³/mol. The molecule has 0 spiro atoms. The van der Waals surface area contributed by atoms with Gasteiger partial charge in [0.15, 0.2) is 0 Å². The molecule has 1 rings (SSSR count). The van der Waals surface area contributed by atoms with Crippen LogP contribution in [0.5, 0.6) is 0 Å². The van der Waals surface area contributed by atoms with Gasteiger partial charge in [0.05, 0.1) is 0 Å². The molecule has 1 heterocycles. The molecule has 52 valence electrons. The molecule has 0 unspecified atom stereocenters. The average molecular weight is 170 g/mol. The lowest BCUT2D eigenvalue weighted by Gasteiger charge is -1.94. The van der Waals surface area contributed by atoms with Crippen molar-refractivity contribution in [3.05, 3.63) is 24.5 Å². The SMILES string of the molecule is NC(=S)Sc1cccnc1. The minimum absolute atomic E-state index is 0.424. The molecule has 0 fully saturated rings. The number of nitrogens with zero attached hydrogens (tertiary/aromatic N) is 1. The van der Waals surface area contributed by atoms with Crippen molar-refractivity contribution in [2.45, 2.75) is 4.90 Å². The van der Waals surface area contributed by atoms with Gasteiger partial charge in [0, 0.05) is 17.3 Å². The number of aromatic nitrogens is 1. The molecule has 1 aromatic heterocycles. The Morgan fingerprint density at radius 3 is 3.00 bits per heavy atom. The van der Waals surface area contributed by atoms with Crippen LogP contribution in [0.2, 0.25) is 0 Å². The van der Waals surface area contributed by atoms with Crippen molar-refractivity contribution in [2.24, 2.45) is 5.73 Å². The highest BCUT2D eigenvalue weighted by molar-refractivity contribution is 8.22. The highest BCUT2D eigenvalue weighted by Crippen LogP contribution is 2.14. The van der Waals surface area contributed by atoms with Crippen molar-refractivity contribution in [1.82, 2.24) is 4.98 Å². The Morgan fingerprint density at radius 1 is 1.70 bits per heavy atom. The van der Waals surface area contributed by atoms with Gasteiger partial charge in [-0.25, -0.2) is 0 Å². The van der Waals surface area contributed by atoms with Crippen LogP contribution in [0.1, 0.15) is 0 Å². The van der Waals surface area contributed by atoms with E-state index in [1.807, 2.05) is 12.1 Å². The third kappa shape index (κ3) is 2.33. The number of hydrogen-bond donors (Lipinski definition) is 1. The number of rotatable bonds is 1. The monoisotopic (exact) mass is 170 g/mol. The van der Waals surface area contributed by atoms with E-state index in [0.717, 1.165) is 4.90 Å². The summed E-state index contributed by atoms with van der Waals surface area (Å²) in [5.74, 6) is 0. The lowest BCUT2D eigenvalue weighted by Crippen LogP contribution is -2.00. The van der Waals surface area contributed by atoms with Gasteiger partial charge in [0.25, 0.3) is 0 Å². The van der Waals surface area contributed by atoms with Crippen molar-refractivity contribution in [3.8, 4) is 0 Å². The van der Waals surface area contributed by atoms with Crippen LogP contribution in [-0.4, -0.2) is 9.30 Å². The first-order chi connectivity index (χ1) is 4.79. The Labute approximate surface area is 68.8 Å². The summed E-state index contributed by atoms with van der Waals surface area (Å²) in [5, 5.41) is 0. The van der Waals surface area contributed by atoms with E-state index in [0.29, 0.717) is 4.32 Å². The molecule has 0 aliphatic heterocycles. The fraction of sp³-hybridized carbons (Fsp3) is 0. The smallest absolute Gasteiger partial charge is 0.136 e. The third-order valence-electron chi connectivity index (χ3n) is 0.853. The molecule has 1 aromatic rings. The largest absolute Gasteiger partial charge is 0.384 e. The van der Waals surface area contributed by atoms with Crippen molar-refractivity contribution < 1.29 is 0 Å². The minimum Gasteiger partial charge on any atom is -0.384 e. The maximum Gasteiger partial charge on any atom is 0.136 e. The Morgan fingerprint density at radius 2 is 2.50 bits per heavy atom. The molecule has 0 radical (unpaired) electrons. The van der Waals surface area contributed by atoms with Gasteiger partial charge in [-0.15, -0.1) is 0 Å². The van der Waals surface area contributed by atoms with Crippen molar-refractivity contribution in [1.29, 1.82) is 0 Å². The number of nitrogens with two attached hydrogens (primary N) is 1. The van der Waals surface area contributed by atoms with E-state index in [9.17, 15) is 0 Å². The maximum absolute atomic E-state index is 5.29. The summed E-state index contributed by atoms with van der Waals surface area (Å²) in [6.45, 7) is 0. The normalized spacial score (nSPS) is 9.20. The molecular formula is C6H6N2S2. The zero-order chi connectivity index (χ0) is 7.40. The molecule has 0 amide bonds. The van der Waals surface area contributed by atoms with Crippen molar-refractivity contribution in [3.63, 3.8) is 0 Å². The van der Waals surface area contributed by atoms with E-state index >= 15 is 0 Å². The summed E-state index contributed by atoms with van der Waals surface area (Å²) >= 11 is 6.04. The van der Waals surface area contributed by atoms with Crippen LogP contribution < -0.4 is 5.73 Å². The quantitative estimate of drug-likeness (QED) is 0.511. The Kier molecular flexibility index (Phi) is 2.65. The van der Waals surface area contributed by atoms with Gasteiger partial charge >= 0.3 is 0 Å². The molecule has 2 N–H and O–H groups in total. The standard InChI is InChI=1S/C6H6N2S2/c7-6(9)10-5-2-1-3-8-4-5/h1-4H,(H2,7,9). The number of pyridine rings is 1. The molecule has 0 saturated carbocycles. The van der Waals surface area contributed by atoms with Crippen LogP contribution in [0.25, 0.3) is 0 Å². The molecule has 0 saturated heterocycles. The van der Waals surface area contributed by atoms with Gasteiger partial charge < -0.3 is 5.73 Å². The van der Waals surface area contributed by atoms with Gasteiger partial charge in [-0.3, -0.25) is 4.98 Å². The minimum atomic E-state index is 0.424. The summed E-state index contributed by atoms with van der Waals surface area (Å²) in [6.07, 6.45) is 3.44. The number of thiocarbonyl (C=S) groups is 1. The molecule has 10 heavy (non-hydrogen) atoms. The number of thioether (sulfide) groups is 1. The molecule has 0 atom stereocenters. The van der Waals surface area contributed by atoms with Crippen molar-refractivity contribution in [2.75, 3.05) is 0 Å². The van der Waals surface area contributed by atoms with E-state index in [-0.39, 0.29) is 0 Å². The van der Waals surface area contributed by atoms with E-state index < -0.39 is 0 Å². The first-order valence-electron chi connectivity index (χ1n) is 2.66. The predicted octanol–water partition coefficient (Wildman–Crippen LogP) is 1.42. The van der Waals surface area contributed by atoms with E-state index in [4.69, 9.17) is 18.0 Å². The first-order valence-corrected chi connectivity index (χ1v) is 3.89. The molecule has 2 nitrogen and oxygen atoms in total. The molecular weight excluding hydrogens is 164 g/mol. The second kappa shape index (κ2) is 3.53. The summed E-state index contributed by atoms with van der Waals surface area (Å²) in [6, 6.07) is 3.76. The van der Waals surface area contributed by atoms with Gasteiger partial charge in [-0.2, -0.15) is 0 Å². The van der Waals surface area contributed by atoms with Crippen LogP contribution in [0.15, 0.2) is 29.4 Å². The summed E-state index contributed by atoms with van der Waals surface area (Å²) < 4.78 is 0.424. The van der Waals surface area contributed by atoms with E-state index in [1.165, 1.54) is 11.8 Å². The third-order valence-corrected chi connectivity index (χ3v) is 1.78. The average Bonchev–Trinajstić information content (AvgIpc) is 1.88. The fourth-order valence-electron chi connectivity index (χ4n) is 0.524. The lowest BCUT2D eigenvalue weighted by atomic mass is 10.5. The molecule has 0 aliphatic carbocycles. The Hall–Kier alpha value is -0.610. The summed E-state index contributed by atoms with van der Waals surface area (Å²) in [7, 11) is 0. The maximum atomic E-state index is 5.29. The Balaban J connectivity index is 2.67. The molecule has 0 aromatic carbocycles. The summed E-state index contributed by atoms with van der Waals surface area (Å²) in [5.41, 5.74) is 5.29. The van der Waals surface area contributed by atoms with Gasteiger partial charge in [-0.05, 0) is 12.1 Å². The van der Waals surface area contributed by atoms with Gasteiger partial charge in [0.2, 0.25) is 0 Å². The molecule has 4 heteroatoms. The van der Waals surface area contributed by atoms with Crippen LogP contribution in [0.3, 0.4) is 0 Å². The van der Waals surface area contributed by atoms with E-state index in [1.54, 1.807) is 12.4 Å². The molecule has 0 bridgehead atoms. The van der Waals surface area contributed by atoms with Crippen LogP contribution in [-0.2, 0) is 0 Å². The second-order valence-electron chi connectivity index (χ2n) is 1.61. The van der Waals surface area contributed by atoms with Crippen molar-refractivity contribution >= 4 is 28.3 Å². The summed E-state index contributed by atoms with van der Waals surface area (Å²) in [4.78, 5) is 4.88.